The molecule has 6 heteroatoms. The average Bonchev–Trinajstić information content (AvgIpc) is 2.50. The van der Waals surface area contributed by atoms with Gasteiger partial charge in [-0.2, -0.15) is 0 Å². The fourth-order valence-electron chi connectivity index (χ4n) is 2.25. The van der Waals surface area contributed by atoms with E-state index >= 15 is 0 Å². The van der Waals surface area contributed by atoms with E-state index in [0.717, 1.165) is 18.5 Å². The number of fused-ring (bicyclic) bond motifs is 1. The van der Waals surface area contributed by atoms with Gasteiger partial charge in [0.25, 0.3) is 5.91 Å². The summed E-state index contributed by atoms with van der Waals surface area (Å²) in [5.41, 5.74) is 1.12. The van der Waals surface area contributed by atoms with Crippen LogP contribution in [0.2, 0.25) is 0 Å². The van der Waals surface area contributed by atoms with Gasteiger partial charge in [-0.1, -0.05) is 25.8 Å². The number of hydrogen-bond donors (Lipinski definition) is 3. The minimum Gasteiger partial charge on any atom is -0.489 e. The first kappa shape index (κ1) is 15.2. The highest BCUT2D eigenvalue weighted by molar-refractivity contribution is 6.00. The van der Waals surface area contributed by atoms with Gasteiger partial charge in [0.1, 0.15) is 12.6 Å². The smallest absolute Gasteiger partial charge is 0.326 e. The van der Waals surface area contributed by atoms with Gasteiger partial charge in [0, 0.05) is 6.54 Å². The minimum absolute atomic E-state index is 0.363. The first-order chi connectivity index (χ1) is 10.1. The van der Waals surface area contributed by atoms with E-state index in [1.807, 2.05) is 13.0 Å². The zero-order chi connectivity index (χ0) is 15.2. The van der Waals surface area contributed by atoms with Crippen LogP contribution in [0.3, 0.4) is 0 Å². The second-order valence-corrected chi connectivity index (χ2v) is 4.96. The lowest BCUT2D eigenvalue weighted by atomic mass is 10.1. The van der Waals surface area contributed by atoms with Gasteiger partial charge < -0.3 is 20.5 Å². The van der Waals surface area contributed by atoms with Crippen molar-refractivity contribution in [1.29, 1.82) is 0 Å². The largest absolute Gasteiger partial charge is 0.489 e. The van der Waals surface area contributed by atoms with Crippen LogP contribution in [0.5, 0.6) is 5.75 Å². The summed E-state index contributed by atoms with van der Waals surface area (Å²) in [5, 5.41) is 14.9. The standard InChI is InChI=1S/C15H20N2O4/c1-2-3-6-12(15(19)20)17-14(18)10-5-4-7-11-13(10)21-9-8-16-11/h4-5,7,12,16H,2-3,6,8-9H2,1H3,(H,17,18)(H,19,20)/t12-/m0/s1. The van der Waals surface area contributed by atoms with Crippen molar-refractivity contribution in [3.8, 4) is 5.75 Å². The molecule has 0 saturated heterocycles. The first-order valence-electron chi connectivity index (χ1n) is 7.16. The van der Waals surface area contributed by atoms with E-state index in [1.54, 1.807) is 12.1 Å². The Bertz CT molecular complexity index is 530. The third kappa shape index (κ3) is 3.65. The monoisotopic (exact) mass is 292 g/mol. The number of benzene rings is 1. The van der Waals surface area contributed by atoms with Crippen molar-refractivity contribution >= 4 is 17.6 Å². The quantitative estimate of drug-likeness (QED) is 0.745. The molecule has 1 aromatic rings. The number of carbonyl (C=O) groups excluding carboxylic acids is 1. The lowest BCUT2D eigenvalue weighted by Crippen LogP contribution is -2.41. The van der Waals surface area contributed by atoms with Gasteiger partial charge >= 0.3 is 5.97 Å². The van der Waals surface area contributed by atoms with Gasteiger partial charge in [0.15, 0.2) is 5.75 Å². The zero-order valence-electron chi connectivity index (χ0n) is 12.0. The van der Waals surface area contributed by atoms with Crippen LogP contribution < -0.4 is 15.4 Å². The molecule has 0 unspecified atom stereocenters. The molecule has 6 nitrogen and oxygen atoms in total. The van der Waals surface area contributed by atoms with Crippen molar-refractivity contribution in [3.05, 3.63) is 23.8 Å². The number of para-hydroxylation sites is 1. The summed E-state index contributed by atoms with van der Waals surface area (Å²) in [6.45, 7) is 3.15. The lowest BCUT2D eigenvalue weighted by molar-refractivity contribution is -0.139. The van der Waals surface area contributed by atoms with Gasteiger partial charge in [-0.3, -0.25) is 4.79 Å². The van der Waals surface area contributed by atoms with Gasteiger partial charge in [-0.25, -0.2) is 4.79 Å². The molecule has 1 atom stereocenters. The summed E-state index contributed by atoms with van der Waals surface area (Å²) in [5.74, 6) is -0.944. The molecule has 0 aromatic heterocycles. The highest BCUT2D eigenvalue weighted by Crippen LogP contribution is 2.31. The third-order valence-electron chi connectivity index (χ3n) is 3.37. The maximum Gasteiger partial charge on any atom is 0.326 e. The summed E-state index contributed by atoms with van der Waals surface area (Å²) in [6.07, 6.45) is 2.06. The summed E-state index contributed by atoms with van der Waals surface area (Å²) in [7, 11) is 0. The Morgan fingerprint density at radius 2 is 2.29 bits per heavy atom. The van der Waals surface area contributed by atoms with Crippen molar-refractivity contribution in [2.24, 2.45) is 0 Å². The zero-order valence-corrected chi connectivity index (χ0v) is 12.0. The van der Waals surface area contributed by atoms with Crippen LogP contribution in [0.4, 0.5) is 5.69 Å². The van der Waals surface area contributed by atoms with E-state index in [9.17, 15) is 14.7 Å². The van der Waals surface area contributed by atoms with Gasteiger partial charge in [-0.05, 0) is 18.6 Å². The fraction of sp³-hybridized carbons (Fsp3) is 0.467. The molecule has 1 aromatic carbocycles. The van der Waals surface area contributed by atoms with Crippen LogP contribution in [0.15, 0.2) is 18.2 Å². The normalized spacial score (nSPS) is 14.3. The fourth-order valence-corrected chi connectivity index (χ4v) is 2.25. The number of rotatable bonds is 6. The molecule has 1 amide bonds. The Balaban J connectivity index is 2.14. The van der Waals surface area contributed by atoms with Crippen LogP contribution in [-0.2, 0) is 4.79 Å². The molecule has 0 radical (unpaired) electrons. The van der Waals surface area contributed by atoms with E-state index in [0.29, 0.717) is 30.9 Å². The lowest BCUT2D eigenvalue weighted by Gasteiger charge is -2.22. The molecular weight excluding hydrogens is 272 g/mol. The number of amides is 1. The molecule has 0 saturated carbocycles. The number of anilines is 1. The first-order valence-corrected chi connectivity index (χ1v) is 7.16. The maximum absolute atomic E-state index is 12.3. The summed E-state index contributed by atoms with van der Waals surface area (Å²) < 4.78 is 5.53. The SMILES string of the molecule is CCCC[C@H](NC(=O)c1cccc2c1OCCN2)C(=O)O. The number of nitrogens with one attached hydrogen (secondary N) is 2. The predicted octanol–water partition coefficient (Wildman–Crippen LogP) is 1.86. The van der Waals surface area contributed by atoms with Gasteiger partial charge in [0.05, 0.1) is 11.3 Å². The summed E-state index contributed by atoms with van der Waals surface area (Å²) in [6, 6.07) is 4.35. The van der Waals surface area contributed by atoms with E-state index < -0.39 is 17.9 Å². The molecule has 3 N–H and O–H groups in total. The number of unbranched alkanes of at least 4 members (excludes halogenated alkanes) is 1. The number of carboxylic acid groups (broad SMARTS) is 1. The Morgan fingerprint density at radius 1 is 1.48 bits per heavy atom. The number of aliphatic carboxylic acids is 1. The van der Waals surface area contributed by atoms with Crippen molar-refractivity contribution < 1.29 is 19.4 Å². The molecule has 0 spiro atoms. The number of ether oxygens (including phenoxy) is 1. The highest BCUT2D eigenvalue weighted by atomic mass is 16.5. The Labute approximate surface area is 123 Å². The second kappa shape index (κ2) is 6.97. The molecule has 0 aliphatic carbocycles. The maximum atomic E-state index is 12.3. The second-order valence-electron chi connectivity index (χ2n) is 4.96. The van der Waals surface area contributed by atoms with Crippen LogP contribution in [0, 0.1) is 0 Å². The topological polar surface area (TPSA) is 87.7 Å². The van der Waals surface area contributed by atoms with Gasteiger partial charge in [0.2, 0.25) is 0 Å². The molecule has 0 bridgehead atoms. The van der Waals surface area contributed by atoms with Crippen LogP contribution in [0.25, 0.3) is 0 Å². The van der Waals surface area contributed by atoms with Crippen molar-refractivity contribution in [2.75, 3.05) is 18.5 Å². The van der Waals surface area contributed by atoms with Crippen LogP contribution in [-0.4, -0.2) is 36.2 Å². The number of carboxylic acids is 1. The summed E-state index contributed by atoms with van der Waals surface area (Å²) >= 11 is 0. The summed E-state index contributed by atoms with van der Waals surface area (Å²) in [4.78, 5) is 23.5. The Kier molecular flexibility index (Phi) is 5.03. The Hall–Kier alpha value is -2.24. The van der Waals surface area contributed by atoms with Gasteiger partial charge in [-0.15, -0.1) is 0 Å². The Morgan fingerprint density at radius 3 is 3.00 bits per heavy atom. The van der Waals surface area contributed by atoms with Crippen molar-refractivity contribution in [3.63, 3.8) is 0 Å². The molecule has 114 valence electrons. The predicted molar refractivity (Wildman–Crippen MR) is 78.8 cm³/mol. The molecule has 1 aliphatic rings. The molecule has 2 rings (SSSR count). The van der Waals surface area contributed by atoms with E-state index in [1.165, 1.54) is 0 Å². The third-order valence-corrected chi connectivity index (χ3v) is 3.37. The molecule has 0 fully saturated rings. The molecule has 1 heterocycles. The average molecular weight is 292 g/mol. The van der Waals surface area contributed by atoms with E-state index in [4.69, 9.17) is 4.74 Å². The van der Waals surface area contributed by atoms with Crippen molar-refractivity contribution in [2.45, 2.75) is 32.2 Å². The molecule has 21 heavy (non-hydrogen) atoms. The van der Waals surface area contributed by atoms with E-state index in [2.05, 4.69) is 10.6 Å². The molecular formula is C15H20N2O4. The van der Waals surface area contributed by atoms with Crippen molar-refractivity contribution in [1.82, 2.24) is 5.32 Å². The number of carbonyl (C=O) groups is 2. The van der Waals surface area contributed by atoms with E-state index in [-0.39, 0.29) is 0 Å². The van der Waals surface area contributed by atoms with Crippen LogP contribution >= 0.6 is 0 Å². The van der Waals surface area contributed by atoms with Crippen LogP contribution in [0.1, 0.15) is 36.5 Å². The molecule has 1 aliphatic heterocycles. The minimum atomic E-state index is -1.01. The highest BCUT2D eigenvalue weighted by Gasteiger charge is 2.24. The number of hydrogen-bond acceptors (Lipinski definition) is 4.